The van der Waals surface area contributed by atoms with Gasteiger partial charge in [0.2, 0.25) is 0 Å². The number of nitrogens with zero attached hydrogens (tertiary/aromatic N) is 4. The summed E-state index contributed by atoms with van der Waals surface area (Å²) < 4.78 is 1.75. The van der Waals surface area contributed by atoms with E-state index in [0.717, 1.165) is 30.7 Å². The number of hydrogen-bond donors (Lipinski definition) is 0. The van der Waals surface area contributed by atoms with Crippen molar-refractivity contribution in [1.82, 2.24) is 19.9 Å². The number of aromatic nitrogens is 3. The molecular weight excluding hydrogens is 256 g/mol. The van der Waals surface area contributed by atoms with E-state index in [-0.39, 0.29) is 0 Å². The van der Waals surface area contributed by atoms with E-state index in [1.807, 2.05) is 13.2 Å². The molecule has 86 valence electrons. The van der Waals surface area contributed by atoms with Crippen molar-refractivity contribution in [2.24, 2.45) is 7.05 Å². The van der Waals surface area contributed by atoms with E-state index in [0.29, 0.717) is 0 Å². The van der Waals surface area contributed by atoms with Crippen molar-refractivity contribution in [3.8, 4) is 0 Å². The normalized spacial score (nSPS) is 11.2. The van der Waals surface area contributed by atoms with Crippen LogP contribution in [0.15, 0.2) is 6.20 Å². The Morgan fingerprint density at radius 3 is 2.80 bits per heavy atom. The van der Waals surface area contributed by atoms with Crippen LogP contribution in [0.3, 0.4) is 0 Å². The fourth-order valence-corrected chi connectivity index (χ4v) is 1.97. The number of unbranched alkanes of at least 4 members (excludes halogenated alkanes) is 1. The molecule has 0 spiro atoms. The van der Waals surface area contributed by atoms with Crippen molar-refractivity contribution in [2.45, 2.75) is 26.3 Å². The molecule has 0 N–H and O–H groups in total. The zero-order chi connectivity index (χ0) is 11.1. The Labute approximate surface area is 99.8 Å². The van der Waals surface area contributed by atoms with Gasteiger partial charge in [-0.05, 0) is 13.0 Å². The van der Waals surface area contributed by atoms with Gasteiger partial charge in [0.1, 0.15) is 0 Å². The summed E-state index contributed by atoms with van der Waals surface area (Å²) in [5.74, 6) is 0. The van der Waals surface area contributed by atoms with E-state index in [9.17, 15) is 0 Å². The van der Waals surface area contributed by atoms with E-state index in [1.54, 1.807) is 4.68 Å². The van der Waals surface area contributed by atoms with Crippen molar-refractivity contribution in [1.29, 1.82) is 0 Å². The lowest BCUT2D eigenvalue weighted by molar-refractivity contribution is 0.275. The van der Waals surface area contributed by atoms with E-state index in [4.69, 9.17) is 0 Å². The van der Waals surface area contributed by atoms with Gasteiger partial charge in [0.05, 0.1) is 5.69 Å². The van der Waals surface area contributed by atoms with Gasteiger partial charge in [-0.1, -0.05) is 34.5 Å². The minimum absolute atomic E-state index is 0.902. The smallest absolute Gasteiger partial charge is 0.0967 e. The van der Waals surface area contributed by atoms with Crippen LogP contribution >= 0.6 is 15.9 Å². The zero-order valence-corrected chi connectivity index (χ0v) is 11.1. The molecule has 0 saturated carbocycles. The van der Waals surface area contributed by atoms with Gasteiger partial charge in [-0.3, -0.25) is 9.58 Å². The summed E-state index contributed by atoms with van der Waals surface area (Å²) in [5, 5.41) is 9.05. The minimum atomic E-state index is 0.902. The van der Waals surface area contributed by atoms with Crippen molar-refractivity contribution < 1.29 is 0 Å². The quantitative estimate of drug-likeness (QED) is 0.712. The van der Waals surface area contributed by atoms with Crippen LogP contribution in [0.4, 0.5) is 0 Å². The molecule has 15 heavy (non-hydrogen) atoms. The number of aryl methyl sites for hydroxylation is 1. The third kappa shape index (κ3) is 4.75. The van der Waals surface area contributed by atoms with Crippen LogP contribution in [0.5, 0.6) is 0 Å². The Morgan fingerprint density at radius 1 is 1.47 bits per heavy atom. The molecule has 1 heterocycles. The first kappa shape index (κ1) is 12.6. The Bertz CT molecular complexity index is 274. The van der Waals surface area contributed by atoms with Crippen molar-refractivity contribution in [3.63, 3.8) is 0 Å². The molecule has 0 aliphatic heterocycles. The third-order valence-electron chi connectivity index (χ3n) is 2.26. The Morgan fingerprint density at radius 2 is 2.27 bits per heavy atom. The molecule has 0 amide bonds. The van der Waals surface area contributed by atoms with Gasteiger partial charge < -0.3 is 0 Å². The standard InChI is InChI=1S/C10H19BrN4/c1-3-4-6-15(7-5-11)9-10-8-14(2)13-12-10/h8H,3-7,9H2,1-2H3. The molecule has 1 aromatic rings. The molecule has 0 saturated heterocycles. The van der Waals surface area contributed by atoms with Crippen molar-refractivity contribution in [2.75, 3.05) is 18.4 Å². The second-order valence-electron chi connectivity index (χ2n) is 3.70. The maximum absolute atomic E-state index is 4.10. The summed E-state index contributed by atoms with van der Waals surface area (Å²) in [6, 6.07) is 0. The molecular formula is C10H19BrN4. The van der Waals surface area contributed by atoms with Gasteiger partial charge in [-0.2, -0.15) is 0 Å². The topological polar surface area (TPSA) is 34.0 Å². The van der Waals surface area contributed by atoms with E-state index >= 15 is 0 Å². The van der Waals surface area contributed by atoms with Crippen LogP contribution in [0, 0.1) is 0 Å². The molecule has 1 aromatic heterocycles. The summed E-state index contributed by atoms with van der Waals surface area (Å²) in [6.07, 6.45) is 4.46. The Hall–Kier alpha value is -0.420. The highest BCUT2D eigenvalue weighted by Gasteiger charge is 2.06. The van der Waals surface area contributed by atoms with Crippen LogP contribution in [0.2, 0.25) is 0 Å². The molecule has 4 nitrogen and oxygen atoms in total. The second kappa shape index (κ2) is 6.95. The molecule has 0 aliphatic carbocycles. The predicted octanol–water partition coefficient (Wildman–Crippen LogP) is 1.81. The Balaban J connectivity index is 2.42. The molecule has 0 aromatic carbocycles. The van der Waals surface area contributed by atoms with E-state index in [2.05, 4.69) is 38.1 Å². The molecule has 1 rings (SSSR count). The summed E-state index contributed by atoms with van der Waals surface area (Å²) in [5.41, 5.74) is 1.05. The first-order chi connectivity index (χ1) is 7.26. The SMILES string of the molecule is CCCCN(CCBr)Cc1cn(C)nn1. The Kier molecular flexibility index (Phi) is 5.86. The van der Waals surface area contributed by atoms with Crippen molar-refractivity contribution >= 4 is 15.9 Å². The van der Waals surface area contributed by atoms with Gasteiger partial charge in [0.15, 0.2) is 0 Å². The third-order valence-corrected chi connectivity index (χ3v) is 2.62. The van der Waals surface area contributed by atoms with Gasteiger partial charge in [-0.15, -0.1) is 5.10 Å². The van der Waals surface area contributed by atoms with Gasteiger partial charge >= 0.3 is 0 Å². The monoisotopic (exact) mass is 274 g/mol. The summed E-state index contributed by atoms with van der Waals surface area (Å²) in [7, 11) is 1.90. The average Bonchev–Trinajstić information content (AvgIpc) is 2.61. The summed E-state index contributed by atoms with van der Waals surface area (Å²) in [4.78, 5) is 2.41. The van der Waals surface area contributed by atoms with Crippen LogP contribution < -0.4 is 0 Å². The highest BCUT2D eigenvalue weighted by molar-refractivity contribution is 9.09. The van der Waals surface area contributed by atoms with E-state index in [1.165, 1.54) is 12.8 Å². The second-order valence-corrected chi connectivity index (χ2v) is 4.50. The maximum atomic E-state index is 4.10. The largest absolute Gasteiger partial charge is 0.297 e. The molecule has 0 atom stereocenters. The van der Waals surface area contributed by atoms with Crippen LogP contribution in [-0.4, -0.2) is 38.3 Å². The fraction of sp³-hybridized carbons (Fsp3) is 0.800. The number of hydrogen-bond acceptors (Lipinski definition) is 3. The molecule has 0 fully saturated rings. The van der Waals surface area contributed by atoms with Crippen LogP contribution in [-0.2, 0) is 13.6 Å². The number of rotatable bonds is 7. The highest BCUT2D eigenvalue weighted by Crippen LogP contribution is 2.03. The lowest BCUT2D eigenvalue weighted by Gasteiger charge is -2.19. The van der Waals surface area contributed by atoms with Crippen LogP contribution in [0.1, 0.15) is 25.5 Å². The first-order valence-corrected chi connectivity index (χ1v) is 6.52. The fourth-order valence-electron chi connectivity index (χ4n) is 1.47. The molecule has 0 aliphatic rings. The maximum Gasteiger partial charge on any atom is 0.0967 e. The number of halogens is 1. The predicted molar refractivity (Wildman–Crippen MR) is 65.0 cm³/mol. The van der Waals surface area contributed by atoms with Gasteiger partial charge in [-0.25, -0.2) is 0 Å². The lowest BCUT2D eigenvalue weighted by Crippen LogP contribution is -2.26. The van der Waals surface area contributed by atoms with Gasteiger partial charge in [0.25, 0.3) is 0 Å². The highest BCUT2D eigenvalue weighted by atomic mass is 79.9. The molecule has 0 bridgehead atoms. The molecule has 5 heteroatoms. The average molecular weight is 275 g/mol. The summed E-state index contributed by atoms with van der Waals surface area (Å²) >= 11 is 3.48. The minimum Gasteiger partial charge on any atom is -0.297 e. The number of alkyl halides is 1. The zero-order valence-electron chi connectivity index (χ0n) is 9.49. The van der Waals surface area contributed by atoms with Crippen molar-refractivity contribution in [3.05, 3.63) is 11.9 Å². The van der Waals surface area contributed by atoms with Crippen LogP contribution in [0.25, 0.3) is 0 Å². The lowest BCUT2D eigenvalue weighted by atomic mass is 10.3. The van der Waals surface area contributed by atoms with Gasteiger partial charge in [0, 0.05) is 31.7 Å². The molecule has 0 radical (unpaired) electrons. The first-order valence-electron chi connectivity index (χ1n) is 5.39. The molecule has 0 unspecified atom stereocenters. The summed E-state index contributed by atoms with van der Waals surface area (Å²) in [6.45, 7) is 5.32. The van der Waals surface area contributed by atoms with E-state index < -0.39 is 0 Å².